The van der Waals surface area contributed by atoms with Gasteiger partial charge in [0.25, 0.3) is 0 Å². The van der Waals surface area contributed by atoms with Crippen LogP contribution < -0.4 is 0 Å². The molecule has 0 spiro atoms. The summed E-state index contributed by atoms with van der Waals surface area (Å²) in [5, 5.41) is 1.39. The number of benzene rings is 1. The summed E-state index contributed by atoms with van der Waals surface area (Å²) in [7, 11) is 0. The first-order valence-electron chi connectivity index (χ1n) is 6.43. The van der Waals surface area contributed by atoms with Crippen molar-refractivity contribution in [1.29, 1.82) is 0 Å². The van der Waals surface area contributed by atoms with Crippen LogP contribution in [0.1, 0.15) is 37.7 Å². The highest BCUT2D eigenvalue weighted by atomic mass is 35.5. The highest BCUT2D eigenvalue weighted by Gasteiger charge is 2.18. The molecule has 1 aliphatic carbocycles. The van der Waals surface area contributed by atoms with Crippen molar-refractivity contribution in [2.24, 2.45) is 5.92 Å². The third-order valence-electron chi connectivity index (χ3n) is 3.61. The van der Waals surface area contributed by atoms with E-state index in [1.54, 1.807) is 0 Å². The third kappa shape index (κ3) is 3.44. The number of hydrogen-bond donors (Lipinski definition) is 0. The topological polar surface area (TPSA) is 0 Å². The summed E-state index contributed by atoms with van der Waals surface area (Å²) >= 11 is 18.5. The van der Waals surface area contributed by atoms with Crippen LogP contribution in [0.2, 0.25) is 10.0 Å². The lowest BCUT2D eigenvalue weighted by Gasteiger charge is -2.23. The van der Waals surface area contributed by atoms with Crippen molar-refractivity contribution in [3.63, 3.8) is 0 Å². The van der Waals surface area contributed by atoms with E-state index in [9.17, 15) is 0 Å². The summed E-state index contributed by atoms with van der Waals surface area (Å²) in [6.45, 7) is 0. The predicted octanol–water partition coefficient (Wildman–Crippen LogP) is 6.20. The molecule has 1 aromatic carbocycles. The fraction of sp³-hybridized carbons (Fsp3) is 0.467. The Hall–Kier alpha value is -0.170. The van der Waals surface area contributed by atoms with E-state index in [0.29, 0.717) is 21.8 Å². The van der Waals surface area contributed by atoms with Gasteiger partial charge in [0, 0.05) is 21.5 Å². The molecule has 18 heavy (non-hydrogen) atoms. The number of rotatable bonds is 3. The Balaban J connectivity index is 2.28. The first kappa shape index (κ1) is 14.2. The summed E-state index contributed by atoms with van der Waals surface area (Å²) in [6, 6.07) is 5.60. The van der Waals surface area contributed by atoms with Gasteiger partial charge >= 0.3 is 0 Å². The maximum Gasteiger partial charge on any atom is 0.0493 e. The SMILES string of the molecule is ClCC(=Cc1c(Cl)cccc1Cl)C1CCCCC1. The summed E-state index contributed by atoms with van der Waals surface area (Å²) in [4.78, 5) is 0. The molecule has 0 radical (unpaired) electrons. The van der Waals surface area contributed by atoms with Gasteiger partial charge in [0.15, 0.2) is 0 Å². The van der Waals surface area contributed by atoms with Crippen LogP contribution in [0.4, 0.5) is 0 Å². The zero-order chi connectivity index (χ0) is 13.0. The van der Waals surface area contributed by atoms with Crippen molar-refractivity contribution in [1.82, 2.24) is 0 Å². The van der Waals surface area contributed by atoms with Crippen molar-refractivity contribution in [2.75, 3.05) is 5.88 Å². The van der Waals surface area contributed by atoms with E-state index in [0.717, 1.165) is 5.56 Å². The highest BCUT2D eigenvalue weighted by Crippen LogP contribution is 2.34. The maximum absolute atomic E-state index is 6.20. The van der Waals surface area contributed by atoms with Crippen LogP contribution in [0.5, 0.6) is 0 Å². The van der Waals surface area contributed by atoms with Crippen LogP contribution in [0.3, 0.4) is 0 Å². The van der Waals surface area contributed by atoms with Crippen molar-refractivity contribution in [2.45, 2.75) is 32.1 Å². The van der Waals surface area contributed by atoms with Crippen LogP contribution >= 0.6 is 34.8 Å². The molecule has 0 aliphatic heterocycles. The average Bonchev–Trinajstić information content (AvgIpc) is 2.40. The summed E-state index contributed by atoms with van der Waals surface area (Å²) < 4.78 is 0. The molecule has 1 aliphatic rings. The Morgan fingerprint density at radius 1 is 1.11 bits per heavy atom. The van der Waals surface area contributed by atoms with Crippen LogP contribution in [0, 0.1) is 5.92 Å². The second-order valence-electron chi connectivity index (χ2n) is 4.82. The Kier molecular flexibility index (Phi) is 5.41. The van der Waals surface area contributed by atoms with Gasteiger partial charge in [-0.05, 0) is 30.9 Å². The molecule has 1 fully saturated rings. The Morgan fingerprint density at radius 2 is 1.72 bits per heavy atom. The van der Waals surface area contributed by atoms with Gasteiger partial charge in [-0.25, -0.2) is 0 Å². The highest BCUT2D eigenvalue weighted by molar-refractivity contribution is 6.37. The van der Waals surface area contributed by atoms with Crippen LogP contribution in [0.25, 0.3) is 6.08 Å². The van der Waals surface area contributed by atoms with Crippen molar-refractivity contribution >= 4 is 40.9 Å². The van der Waals surface area contributed by atoms with Gasteiger partial charge in [0.2, 0.25) is 0 Å². The molecule has 0 nitrogen and oxygen atoms in total. The molecule has 0 unspecified atom stereocenters. The molecule has 98 valence electrons. The second kappa shape index (κ2) is 6.84. The Labute approximate surface area is 124 Å². The standard InChI is InChI=1S/C15H17Cl3/c16-10-12(11-5-2-1-3-6-11)9-13-14(17)7-4-8-15(13)18/h4,7-9,11H,1-3,5-6,10H2. The monoisotopic (exact) mass is 302 g/mol. The molecule has 2 rings (SSSR count). The number of alkyl halides is 1. The van der Waals surface area contributed by atoms with Gasteiger partial charge < -0.3 is 0 Å². The lowest BCUT2D eigenvalue weighted by Crippen LogP contribution is -2.10. The molecule has 0 atom stereocenters. The molecule has 0 bridgehead atoms. The van der Waals surface area contributed by atoms with Gasteiger partial charge in [-0.1, -0.05) is 60.2 Å². The predicted molar refractivity (Wildman–Crippen MR) is 81.7 cm³/mol. The minimum atomic E-state index is 0.562. The molecule has 3 heteroatoms. The van der Waals surface area contributed by atoms with Crippen LogP contribution in [-0.4, -0.2) is 5.88 Å². The minimum absolute atomic E-state index is 0.562. The summed E-state index contributed by atoms with van der Waals surface area (Å²) in [6.07, 6.45) is 8.51. The zero-order valence-electron chi connectivity index (χ0n) is 10.3. The number of hydrogen-bond acceptors (Lipinski definition) is 0. The van der Waals surface area contributed by atoms with Crippen LogP contribution in [-0.2, 0) is 0 Å². The normalized spacial score (nSPS) is 18.1. The molecular formula is C15H17Cl3. The fourth-order valence-corrected chi connectivity index (χ4v) is 3.37. The molecule has 1 saturated carbocycles. The third-order valence-corrected chi connectivity index (χ3v) is 4.58. The summed E-state index contributed by atoms with van der Waals surface area (Å²) in [5.41, 5.74) is 2.17. The molecule has 0 aromatic heterocycles. The van der Waals surface area contributed by atoms with E-state index in [-0.39, 0.29) is 0 Å². The first-order chi connectivity index (χ1) is 8.72. The van der Waals surface area contributed by atoms with Gasteiger partial charge in [0.1, 0.15) is 0 Å². The first-order valence-corrected chi connectivity index (χ1v) is 7.72. The maximum atomic E-state index is 6.20. The Morgan fingerprint density at radius 3 is 2.28 bits per heavy atom. The van der Waals surface area contributed by atoms with Gasteiger partial charge in [-0.15, -0.1) is 11.6 Å². The van der Waals surface area contributed by atoms with E-state index in [2.05, 4.69) is 6.08 Å². The lowest BCUT2D eigenvalue weighted by molar-refractivity contribution is 0.405. The Bertz CT molecular complexity index is 411. The summed E-state index contributed by atoms with van der Waals surface area (Å²) in [5.74, 6) is 1.16. The smallest absolute Gasteiger partial charge is 0.0493 e. The van der Waals surface area contributed by atoms with Gasteiger partial charge in [-0.2, -0.15) is 0 Å². The molecular weight excluding hydrogens is 287 g/mol. The van der Waals surface area contributed by atoms with E-state index in [1.807, 2.05) is 18.2 Å². The largest absolute Gasteiger partial charge is 0.122 e. The van der Waals surface area contributed by atoms with Gasteiger partial charge in [-0.3, -0.25) is 0 Å². The van der Waals surface area contributed by atoms with E-state index >= 15 is 0 Å². The molecule has 0 amide bonds. The second-order valence-corrected chi connectivity index (χ2v) is 5.90. The molecule has 0 heterocycles. The average molecular weight is 304 g/mol. The minimum Gasteiger partial charge on any atom is -0.122 e. The van der Waals surface area contributed by atoms with E-state index in [4.69, 9.17) is 34.8 Å². The number of allylic oxidation sites excluding steroid dienone is 1. The van der Waals surface area contributed by atoms with Crippen molar-refractivity contribution < 1.29 is 0 Å². The van der Waals surface area contributed by atoms with Crippen molar-refractivity contribution in [3.8, 4) is 0 Å². The van der Waals surface area contributed by atoms with E-state index in [1.165, 1.54) is 37.7 Å². The van der Waals surface area contributed by atoms with Gasteiger partial charge in [0.05, 0.1) is 0 Å². The molecule has 1 aromatic rings. The lowest BCUT2D eigenvalue weighted by atomic mass is 9.83. The zero-order valence-corrected chi connectivity index (χ0v) is 12.5. The molecule has 0 saturated heterocycles. The van der Waals surface area contributed by atoms with Crippen LogP contribution in [0.15, 0.2) is 23.8 Å². The fourth-order valence-electron chi connectivity index (χ4n) is 2.57. The molecule has 0 N–H and O–H groups in total. The van der Waals surface area contributed by atoms with Crippen molar-refractivity contribution in [3.05, 3.63) is 39.4 Å². The quantitative estimate of drug-likeness (QED) is 0.583. The number of halogens is 3. The van der Waals surface area contributed by atoms with E-state index < -0.39 is 0 Å².